The third-order valence-corrected chi connectivity index (χ3v) is 2.46. The third kappa shape index (κ3) is 3.08. The molecule has 0 amide bonds. The molecular formula is C11H18N2O2. The Balaban J connectivity index is 2.51. The van der Waals surface area contributed by atoms with Gasteiger partial charge in [0.1, 0.15) is 5.56 Å². The van der Waals surface area contributed by atoms with Gasteiger partial charge in [0.05, 0.1) is 5.69 Å². The summed E-state index contributed by atoms with van der Waals surface area (Å²) >= 11 is 0. The van der Waals surface area contributed by atoms with Gasteiger partial charge in [-0.1, -0.05) is 26.2 Å². The van der Waals surface area contributed by atoms with Gasteiger partial charge < -0.3 is 9.93 Å². The molecule has 84 valence electrons. The van der Waals surface area contributed by atoms with E-state index < -0.39 is 5.63 Å². The summed E-state index contributed by atoms with van der Waals surface area (Å²) in [6, 6.07) is 0. The predicted octanol–water partition coefficient (Wildman–Crippen LogP) is 2.61. The number of hydrogen-bond donors (Lipinski definition) is 2. The lowest BCUT2D eigenvalue weighted by molar-refractivity contribution is 0.387. The van der Waals surface area contributed by atoms with E-state index in [0.29, 0.717) is 23.4 Å². The van der Waals surface area contributed by atoms with Crippen LogP contribution in [-0.2, 0) is 0 Å². The summed E-state index contributed by atoms with van der Waals surface area (Å²) in [5.41, 5.74) is 1.03. The molecule has 1 heterocycles. The first-order valence-electron chi connectivity index (χ1n) is 5.42. The molecule has 2 N–H and O–H groups in total. The molecule has 0 bridgehead atoms. The van der Waals surface area contributed by atoms with Gasteiger partial charge in [0, 0.05) is 5.71 Å². The van der Waals surface area contributed by atoms with Gasteiger partial charge in [0.2, 0.25) is 0 Å². The largest absolute Gasteiger partial charge is 0.366 e. The zero-order chi connectivity index (χ0) is 11.3. The molecule has 0 atom stereocenters. The van der Waals surface area contributed by atoms with Crippen molar-refractivity contribution in [3.63, 3.8) is 0 Å². The van der Waals surface area contributed by atoms with Crippen molar-refractivity contribution in [1.82, 2.24) is 5.16 Å². The zero-order valence-electron chi connectivity index (χ0n) is 9.35. The molecule has 4 nitrogen and oxygen atoms in total. The monoisotopic (exact) mass is 210 g/mol. The summed E-state index contributed by atoms with van der Waals surface area (Å²) in [5.74, 6) is 0. The van der Waals surface area contributed by atoms with E-state index in [9.17, 15) is 4.79 Å². The number of rotatable bonds is 6. The summed E-state index contributed by atoms with van der Waals surface area (Å²) in [4.78, 5) is 11.2. The molecule has 0 saturated carbocycles. The number of nitrogens with one attached hydrogen (secondary N) is 2. The lowest BCUT2D eigenvalue weighted by Gasteiger charge is -2.00. The highest BCUT2D eigenvalue weighted by atomic mass is 16.5. The second-order valence-corrected chi connectivity index (χ2v) is 3.78. The predicted molar refractivity (Wildman–Crippen MR) is 59.7 cm³/mol. The van der Waals surface area contributed by atoms with Crippen LogP contribution in [0.2, 0.25) is 0 Å². The van der Waals surface area contributed by atoms with Crippen molar-refractivity contribution in [3.8, 4) is 0 Å². The van der Waals surface area contributed by atoms with Crippen LogP contribution in [-0.4, -0.2) is 10.9 Å². The molecule has 0 radical (unpaired) electrons. The van der Waals surface area contributed by atoms with Crippen molar-refractivity contribution in [2.75, 3.05) is 0 Å². The smallest absolute Gasteiger partial charge is 0.338 e. The normalized spacial score (nSPS) is 10.5. The van der Waals surface area contributed by atoms with Gasteiger partial charge in [0.15, 0.2) is 0 Å². The number of aromatic nitrogens is 1. The van der Waals surface area contributed by atoms with E-state index in [-0.39, 0.29) is 0 Å². The fourth-order valence-corrected chi connectivity index (χ4v) is 1.58. The maximum atomic E-state index is 11.2. The molecule has 0 spiro atoms. The summed E-state index contributed by atoms with van der Waals surface area (Å²) in [7, 11) is 0. The van der Waals surface area contributed by atoms with Gasteiger partial charge in [-0.25, -0.2) is 9.95 Å². The Bertz CT molecular complexity index is 376. The van der Waals surface area contributed by atoms with Crippen molar-refractivity contribution >= 4 is 5.71 Å². The molecule has 0 aliphatic carbocycles. The topological polar surface area (TPSA) is 69.8 Å². The lowest BCUT2D eigenvalue weighted by atomic mass is 10.0. The summed E-state index contributed by atoms with van der Waals surface area (Å²) in [6.45, 7) is 3.90. The van der Waals surface area contributed by atoms with Gasteiger partial charge >= 0.3 is 5.63 Å². The van der Waals surface area contributed by atoms with Crippen LogP contribution in [0.25, 0.3) is 0 Å². The summed E-state index contributed by atoms with van der Waals surface area (Å²) in [6.07, 6.45) is 5.11. The standard InChI is InChI=1S/C11H18N2O2/c1-3-4-5-6-7-9(12)10-8(2)13-15-11(10)14/h12-13H,3-7H2,1-2H3. The Morgan fingerprint density at radius 1 is 1.40 bits per heavy atom. The van der Waals surface area contributed by atoms with Crippen molar-refractivity contribution in [2.24, 2.45) is 0 Å². The van der Waals surface area contributed by atoms with Crippen LogP contribution in [0.15, 0.2) is 9.32 Å². The minimum atomic E-state index is -0.423. The summed E-state index contributed by atoms with van der Waals surface area (Å²) < 4.78 is 4.62. The van der Waals surface area contributed by atoms with Gasteiger partial charge in [0.25, 0.3) is 0 Å². The molecule has 4 heteroatoms. The highest BCUT2D eigenvalue weighted by molar-refractivity contribution is 5.98. The summed E-state index contributed by atoms with van der Waals surface area (Å²) in [5, 5.41) is 10.3. The fourth-order valence-electron chi connectivity index (χ4n) is 1.58. The van der Waals surface area contributed by atoms with E-state index in [2.05, 4.69) is 16.6 Å². The molecular weight excluding hydrogens is 192 g/mol. The van der Waals surface area contributed by atoms with Crippen LogP contribution in [0.3, 0.4) is 0 Å². The molecule has 0 aliphatic rings. The molecule has 1 rings (SSSR count). The number of hydrogen-bond acceptors (Lipinski definition) is 3. The molecule has 1 aromatic heterocycles. The average molecular weight is 210 g/mol. The van der Waals surface area contributed by atoms with E-state index in [1.807, 2.05) is 0 Å². The number of unbranched alkanes of at least 4 members (excludes halogenated alkanes) is 3. The molecule has 0 unspecified atom stereocenters. The minimum Gasteiger partial charge on any atom is -0.338 e. The van der Waals surface area contributed by atoms with Gasteiger partial charge in [-0.05, 0) is 19.8 Å². The second kappa shape index (κ2) is 5.53. The molecule has 0 fully saturated rings. The molecule has 1 aromatic rings. The maximum Gasteiger partial charge on any atom is 0.366 e. The molecule has 0 aliphatic heterocycles. The number of H-pyrrole nitrogens is 1. The first kappa shape index (κ1) is 11.8. The van der Waals surface area contributed by atoms with Crippen LogP contribution >= 0.6 is 0 Å². The van der Waals surface area contributed by atoms with Crippen LogP contribution in [0.5, 0.6) is 0 Å². The Kier molecular flexibility index (Phi) is 4.34. The minimum absolute atomic E-state index is 0.388. The zero-order valence-corrected chi connectivity index (χ0v) is 9.35. The van der Waals surface area contributed by atoms with E-state index in [0.717, 1.165) is 12.8 Å². The number of aromatic amines is 1. The van der Waals surface area contributed by atoms with Crippen LogP contribution in [0.1, 0.15) is 50.3 Å². The van der Waals surface area contributed by atoms with E-state index in [1.54, 1.807) is 6.92 Å². The van der Waals surface area contributed by atoms with Crippen LogP contribution in [0.4, 0.5) is 0 Å². The SMILES string of the molecule is CCCCCCC(=N)c1c(C)[nH]oc1=O. The first-order valence-corrected chi connectivity index (χ1v) is 5.42. The Hall–Kier alpha value is -1.32. The van der Waals surface area contributed by atoms with Gasteiger partial charge in [-0.3, -0.25) is 0 Å². The van der Waals surface area contributed by atoms with E-state index in [4.69, 9.17) is 5.41 Å². The van der Waals surface area contributed by atoms with E-state index in [1.165, 1.54) is 12.8 Å². The maximum absolute atomic E-state index is 11.2. The molecule has 0 saturated heterocycles. The van der Waals surface area contributed by atoms with Gasteiger partial charge in [-0.15, -0.1) is 0 Å². The highest BCUT2D eigenvalue weighted by Crippen LogP contribution is 2.08. The van der Waals surface area contributed by atoms with Crippen molar-refractivity contribution in [3.05, 3.63) is 21.7 Å². The molecule has 0 aromatic carbocycles. The lowest BCUT2D eigenvalue weighted by Crippen LogP contribution is -2.11. The third-order valence-electron chi connectivity index (χ3n) is 2.46. The van der Waals surface area contributed by atoms with Crippen molar-refractivity contribution < 1.29 is 4.52 Å². The highest BCUT2D eigenvalue weighted by Gasteiger charge is 2.13. The van der Waals surface area contributed by atoms with Crippen LogP contribution in [0, 0.1) is 12.3 Å². The van der Waals surface area contributed by atoms with E-state index >= 15 is 0 Å². The Morgan fingerprint density at radius 3 is 2.67 bits per heavy atom. The van der Waals surface area contributed by atoms with Crippen molar-refractivity contribution in [2.45, 2.75) is 46.0 Å². The van der Waals surface area contributed by atoms with Gasteiger partial charge in [-0.2, -0.15) is 0 Å². The fraction of sp³-hybridized carbons (Fsp3) is 0.636. The number of aryl methyl sites for hydroxylation is 1. The second-order valence-electron chi connectivity index (χ2n) is 3.78. The Morgan fingerprint density at radius 2 is 2.13 bits per heavy atom. The van der Waals surface area contributed by atoms with Crippen LogP contribution < -0.4 is 5.63 Å². The average Bonchev–Trinajstić information content (AvgIpc) is 2.53. The molecule has 15 heavy (non-hydrogen) atoms. The first-order chi connectivity index (χ1) is 7.16. The quantitative estimate of drug-likeness (QED) is 0.559. The van der Waals surface area contributed by atoms with Crippen molar-refractivity contribution in [1.29, 1.82) is 5.41 Å². The Labute approximate surface area is 89.2 Å².